The van der Waals surface area contributed by atoms with Gasteiger partial charge in [0.2, 0.25) is 0 Å². The van der Waals surface area contributed by atoms with Crippen LogP contribution in [0.15, 0.2) is 6.07 Å². The van der Waals surface area contributed by atoms with Crippen molar-refractivity contribution in [1.29, 1.82) is 0 Å². The molecule has 0 aromatic carbocycles. The normalized spacial score (nSPS) is 18.2. The molecule has 1 aromatic rings. The fraction of sp³-hybridized carbons (Fsp3) is 0.667. The third-order valence-corrected chi connectivity index (χ3v) is 6.07. The van der Waals surface area contributed by atoms with Crippen LogP contribution in [0.1, 0.15) is 54.2 Å². The van der Waals surface area contributed by atoms with Crippen LogP contribution in [0.4, 0.5) is 0 Å². The first-order valence-corrected chi connectivity index (χ1v) is 9.90. The summed E-state index contributed by atoms with van der Waals surface area (Å²) in [7, 11) is 1.64. The quantitative estimate of drug-likeness (QED) is 0.551. The first-order chi connectivity index (χ1) is 11.7. The van der Waals surface area contributed by atoms with Crippen LogP contribution in [0.2, 0.25) is 0 Å². The molecular formula is C18H29N3O2S2. The third kappa shape index (κ3) is 5.66. The SMILES string of the molecule is COC[C@H](C)NC(=S)NNC(=O)c1cc2c(s1)CC[C@@H](C(C)(C)C)C2. The monoisotopic (exact) mass is 383 g/mol. The predicted octanol–water partition coefficient (Wildman–Crippen LogP) is 3.04. The van der Waals surface area contributed by atoms with E-state index in [2.05, 4.69) is 36.9 Å². The van der Waals surface area contributed by atoms with Gasteiger partial charge in [-0.15, -0.1) is 11.3 Å². The second-order valence-electron chi connectivity index (χ2n) is 7.77. The number of hydrogen-bond acceptors (Lipinski definition) is 4. The highest BCUT2D eigenvalue weighted by Gasteiger charge is 2.30. The minimum Gasteiger partial charge on any atom is -0.383 e. The summed E-state index contributed by atoms with van der Waals surface area (Å²) in [6.45, 7) is 9.39. The van der Waals surface area contributed by atoms with E-state index in [0.717, 1.165) is 17.7 Å². The molecule has 3 N–H and O–H groups in total. The molecule has 5 nitrogen and oxygen atoms in total. The average molecular weight is 384 g/mol. The molecule has 2 atom stereocenters. The van der Waals surface area contributed by atoms with Crippen molar-refractivity contribution in [1.82, 2.24) is 16.2 Å². The summed E-state index contributed by atoms with van der Waals surface area (Å²) in [5, 5.41) is 3.42. The van der Waals surface area contributed by atoms with E-state index in [4.69, 9.17) is 17.0 Å². The molecule has 0 saturated carbocycles. The zero-order valence-electron chi connectivity index (χ0n) is 15.7. The standard InChI is InChI=1S/C18H29N3O2S2/c1-11(10-23-5)19-17(24)21-20-16(22)15-9-12-8-13(18(2,3)4)6-7-14(12)25-15/h9,11,13H,6-8,10H2,1-5H3,(H,20,22)(H2,19,21,24)/t11-,13+/m0/s1. The zero-order chi connectivity index (χ0) is 18.6. The maximum Gasteiger partial charge on any atom is 0.279 e. The van der Waals surface area contributed by atoms with Crippen molar-refractivity contribution in [2.24, 2.45) is 11.3 Å². The van der Waals surface area contributed by atoms with Gasteiger partial charge in [-0.2, -0.15) is 0 Å². The lowest BCUT2D eigenvalue weighted by Crippen LogP contribution is -2.49. The van der Waals surface area contributed by atoms with Crippen molar-refractivity contribution in [3.63, 3.8) is 0 Å². The van der Waals surface area contributed by atoms with Gasteiger partial charge >= 0.3 is 0 Å². The number of carbonyl (C=O) groups is 1. The third-order valence-electron chi connectivity index (χ3n) is 4.62. The summed E-state index contributed by atoms with van der Waals surface area (Å²) < 4.78 is 5.04. The maximum atomic E-state index is 12.4. The molecule has 1 heterocycles. The van der Waals surface area contributed by atoms with E-state index in [1.165, 1.54) is 16.9 Å². The van der Waals surface area contributed by atoms with Crippen molar-refractivity contribution in [2.45, 2.75) is 53.0 Å². The zero-order valence-corrected chi connectivity index (χ0v) is 17.3. The Morgan fingerprint density at radius 1 is 1.44 bits per heavy atom. The molecule has 25 heavy (non-hydrogen) atoms. The van der Waals surface area contributed by atoms with Gasteiger partial charge < -0.3 is 10.1 Å². The Hall–Kier alpha value is -1.18. The van der Waals surface area contributed by atoms with Gasteiger partial charge in [-0.1, -0.05) is 20.8 Å². The lowest BCUT2D eigenvalue weighted by atomic mass is 9.72. The fourth-order valence-corrected chi connectivity index (χ4v) is 4.46. The second-order valence-corrected chi connectivity index (χ2v) is 9.32. The number of hydrazine groups is 1. The van der Waals surface area contributed by atoms with E-state index in [-0.39, 0.29) is 11.9 Å². The smallest absolute Gasteiger partial charge is 0.279 e. The summed E-state index contributed by atoms with van der Waals surface area (Å²) in [6.07, 6.45) is 3.32. The van der Waals surface area contributed by atoms with Gasteiger partial charge in [-0.05, 0) is 61.4 Å². The molecule has 0 unspecified atom stereocenters. The molecule has 0 aliphatic heterocycles. The Bertz CT molecular complexity index is 622. The van der Waals surface area contributed by atoms with Gasteiger partial charge in [-0.3, -0.25) is 15.6 Å². The van der Waals surface area contributed by atoms with Crippen LogP contribution in [0, 0.1) is 11.3 Å². The number of hydrogen-bond donors (Lipinski definition) is 3. The molecule has 1 amide bonds. The number of rotatable bonds is 4. The van der Waals surface area contributed by atoms with E-state index in [1.807, 2.05) is 13.0 Å². The summed E-state index contributed by atoms with van der Waals surface area (Å²) in [5.74, 6) is 0.526. The van der Waals surface area contributed by atoms with E-state index >= 15 is 0 Å². The highest BCUT2D eigenvalue weighted by molar-refractivity contribution is 7.80. The summed E-state index contributed by atoms with van der Waals surface area (Å²) >= 11 is 6.76. The van der Waals surface area contributed by atoms with E-state index in [9.17, 15) is 4.79 Å². The minimum absolute atomic E-state index is 0.0743. The molecule has 0 fully saturated rings. The molecule has 0 saturated heterocycles. The number of methoxy groups -OCH3 is 1. The molecule has 1 aliphatic rings. The lowest BCUT2D eigenvalue weighted by Gasteiger charge is -2.33. The highest BCUT2D eigenvalue weighted by atomic mass is 32.1. The largest absolute Gasteiger partial charge is 0.383 e. The van der Waals surface area contributed by atoms with Crippen molar-refractivity contribution in [2.75, 3.05) is 13.7 Å². The summed E-state index contributed by atoms with van der Waals surface area (Å²) in [6, 6.07) is 2.11. The van der Waals surface area contributed by atoms with Gasteiger partial charge in [0.05, 0.1) is 11.5 Å². The number of nitrogens with one attached hydrogen (secondary N) is 3. The molecular weight excluding hydrogens is 354 g/mol. The van der Waals surface area contributed by atoms with Crippen LogP contribution >= 0.6 is 23.6 Å². The van der Waals surface area contributed by atoms with Crippen molar-refractivity contribution in [3.05, 3.63) is 21.4 Å². The summed E-state index contributed by atoms with van der Waals surface area (Å²) in [4.78, 5) is 14.5. The van der Waals surface area contributed by atoms with Gasteiger partial charge in [0, 0.05) is 18.0 Å². The topological polar surface area (TPSA) is 62.4 Å². The Balaban J connectivity index is 1.90. The second kappa shape index (κ2) is 8.47. The minimum atomic E-state index is -0.143. The maximum absolute atomic E-state index is 12.4. The molecule has 2 rings (SSSR count). The number of ether oxygens (including phenoxy) is 1. The molecule has 0 radical (unpaired) electrons. The Kier molecular flexibility index (Phi) is 6.82. The van der Waals surface area contributed by atoms with Gasteiger partial charge in [0.25, 0.3) is 5.91 Å². The number of fused-ring (bicyclic) bond motifs is 1. The van der Waals surface area contributed by atoms with E-state index in [1.54, 1.807) is 18.4 Å². The average Bonchev–Trinajstić information content (AvgIpc) is 2.95. The first kappa shape index (κ1) is 20.1. The predicted molar refractivity (Wildman–Crippen MR) is 107 cm³/mol. The molecule has 1 aliphatic carbocycles. The fourth-order valence-electron chi connectivity index (χ4n) is 3.10. The van der Waals surface area contributed by atoms with E-state index in [0.29, 0.717) is 23.1 Å². The van der Waals surface area contributed by atoms with Crippen LogP contribution in [0.25, 0.3) is 0 Å². The van der Waals surface area contributed by atoms with Crippen molar-refractivity contribution in [3.8, 4) is 0 Å². The van der Waals surface area contributed by atoms with Crippen LogP contribution in [0.3, 0.4) is 0 Å². The lowest BCUT2D eigenvalue weighted by molar-refractivity contribution is 0.0947. The Morgan fingerprint density at radius 3 is 2.80 bits per heavy atom. The Morgan fingerprint density at radius 2 is 2.16 bits per heavy atom. The molecule has 7 heteroatoms. The van der Waals surface area contributed by atoms with Crippen LogP contribution in [-0.2, 0) is 17.6 Å². The number of amides is 1. The van der Waals surface area contributed by atoms with Gasteiger partial charge in [0.1, 0.15) is 0 Å². The highest BCUT2D eigenvalue weighted by Crippen LogP contribution is 2.39. The van der Waals surface area contributed by atoms with Gasteiger partial charge in [0.15, 0.2) is 5.11 Å². The first-order valence-electron chi connectivity index (χ1n) is 8.68. The summed E-state index contributed by atoms with van der Waals surface area (Å²) in [5.41, 5.74) is 7.06. The van der Waals surface area contributed by atoms with Crippen molar-refractivity contribution < 1.29 is 9.53 Å². The van der Waals surface area contributed by atoms with E-state index < -0.39 is 0 Å². The van der Waals surface area contributed by atoms with Crippen molar-refractivity contribution >= 4 is 34.6 Å². The molecule has 0 spiro atoms. The van der Waals surface area contributed by atoms with Gasteiger partial charge in [-0.25, -0.2) is 0 Å². The number of aryl methyl sites for hydroxylation is 1. The number of carbonyl (C=O) groups excluding carboxylic acids is 1. The van der Waals surface area contributed by atoms with Crippen LogP contribution in [-0.4, -0.2) is 30.8 Å². The number of thiophene rings is 1. The van der Waals surface area contributed by atoms with Crippen LogP contribution in [0.5, 0.6) is 0 Å². The molecule has 0 bridgehead atoms. The number of thiocarbonyl (C=S) groups is 1. The molecule has 1 aromatic heterocycles. The Labute approximate surface area is 159 Å². The van der Waals surface area contributed by atoms with Crippen LogP contribution < -0.4 is 16.2 Å². The molecule has 140 valence electrons.